The Labute approximate surface area is 122 Å². The number of para-hydroxylation sites is 1. The quantitative estimate of drug-likeness (QED) is 0.843. The summed E-state index contributed by atoms with van der Waals surface area (Å²) >= 11 is 11.8. The van der Waals surface area contributed by atoms with Crippen molar-refractivity contribution < 1.29 is 4.79 Å². The van der Waals surface area contributed by atoms with Gasteiger partial charge >= 0.3 is 0 Å². The molecule has 0 bridgehead atoms. The van der Waals surface area contributed by atoms with E-state index in [-0.39, 0.29) is 5.78 Å². The molecule has 0 radical (unpaired) electrons. The second kappa shape index (κ2) is 6.09. The fourth-order valence-electron chi connectivity index (χ4n) is 1.87. The molecule has 0 aliphatic heterocycles. The summed E-state index contributed by atoms with van der Waals surface area (Å²) in [5.74, 6) is 0.0448. The van der Waals surface area contributed by atoms with Gasteiger partial charge in [0.15, 0.2) is 5.78 Å². The van der Waals surface area contributed by atoms with Crippen LogP contribution in [0.4, 0.5) is 5.69 Å². The summed E-state index contributed by atoms with van der Waals surface area (Å²) in [5, 5.41) is 3.98. The molecule has 0 saturated carbocycles. The highest BCUT2D eigenvalue weighted by Crippen LogP contribution is 2.24. The van der Waals surface area contributed by atoms with E-state index in [4.69, 9.17) is 23.2 Å². The molecule has 2 aromatic rings. The number of carbonyl (C=O) groups is 1. The van der Waals surface area contributed by atoms with Crippen LogP contribution in [-0.4, -0.2) is 12.8 Å². The SMILES string of the molecule is CNc1ccccc1C(=O)Cc1ccc(Cl)c(Cl)c1. The molecule has 0 amide bonds. The van der Waals surface area contributed by atoms with E-state index in [1.807, 2.05) is 30.3 Å². The highest BCUT2D eigenvalue weighted by atomic mass is 35.5. The third kappa shape index (κ3) is 3.28. The van der Waals surface area contributed by atoms with Crippen LogP contribution in [0.5, 0.6) is 0 Å². The number of nitrogens with one attached hydrogen (secondary N) is 1. The van der Waals surface area contributed by atoms with E-state index < -0.39 is 0 Å². The van der Waals surface area contributed by atoms with Gasteiger partial charge in [0.2, 0.25) is 0 Å². The predicted octanol–water partition coefficient (Wildman–Crippen LogP) is 4.46. The molecule has 2 nitrogen and oxygen atoms in total. The van der Waals surface area contributed by atoms with Crippen LogP contribution in [0.1, 0.15) is 15.9 Å². The molecule has 0 heterocycles. The zero-order chi connectivity index (χ0) is 13.8. The van der Waals surface area contributed by atoms with Crippen molar-refractivity contribution >= 4 is 34.7 Å². The van der Waals surface area contributed by atoms with Gasteiger partial charge in [-0.1, -0.05) is 41.4 Å². The number of hydrogen-bond donors (Lipinski definition) is 1. The topological polar surface area (TPSA) is 29.1 Å². The average molecular weight is 294 g/mol. The molecule has 0 aliphatic rings. The fourth-order valence-corrected chi connectivity index (χ4v) is 2.20. The Morgan fingerprint density at radius 3 is 2.53 bits per heavy atom. The lowest BCUT2D eigenvalue weighted by molar-refractivity contribution is 0.0994. The lowest BCUT2D eigenvalue weighted by Gasteiger charge is -2.08. The van der Waals surface area contributed by atoms with E-state index in [1.54, 1.807) is 19.2 Å². The van der Waals surface area contributed by atoms with Crippen LogP contribution in [0.25, 0.3) is 0 Å². The summed E-state index contributed by atoms with van der Waals surface area (Å²) in [6.45, 7) is 0. The molecule has 1 N–H and O–H groups in total. The van der Waals surface area contributed by atoms with Crippen molar-refractivity contribution in [1.29, 1.82) is 0 Å². The summed E-state index contributed by atoms with van der Waals surface area (Å²) in [7, 11) is 1.80. The molecule has 0 fully saturated rings. The standard InChI is InChI=1S/C15H13Cl2NO/c1-18-14-5-3-2-4-11(14)15(19)9-10-6-7-12(16)13(17)8-10/h2-8,18H,9H2,1H3. The number of anilines is 1. The lowest BCUT2D eigenvalue weighted by Crippen LogP contribution is -2.07. The maximum Gasteiger partial charge on any atom is 0.169 e. The highest BCUT2D eigenvalue weighted by molar-refractivity contribution is 6.42. The van der Waals surface area contributed by atoms with E-state index in [0.717, 1.165) is 11.3 Å². The van der Waals surface area contributed by atoms with Gasteiger partial charge in [-0.15, -0.1) is 0 Å². The Bertz CT molecular complexity index is 611. The van der Waals surface area contributed by atoms with Gasteiger partial charge in [-0.05, 0) is 29.8 Å². The Balaban J connectivity index is 2.23. The number of carbonyl (C=O) groups excluding carboxylic acids is 1. The van der Waals surface area contributed by atoms with Gasteiger partial charge in [0.1, 0.15) is 0 Å². The normalized spacial score (nSPS) is 10.3. The molecule has 0 aliphatic carbocycles. The van der Waals surface area contributed by atoms with Crippen LogP contribution >= 0.6 is 23.2 Å². The van der Waals surface area contributed by atoms with Crippen molar-refractivity contribution in [3.05, 3.63) is 63.6 Å². The van der Waals surface area contributed by atoms with Crippen LogP contribution in [-0.2, 0) is 6.42 Å². The predicted molar refractivity (Wildman–Crippen MR) is 80.5 cm³/mol. The summed E-state index contributed by atoms with van der Waals surface area (Å²) in [6, 6.07) is 12.7. The third-order valence-corrected chi connectivity index (χ3v) is 3.58. The summed E-state index contributed by atoms with van der Waals surface area (Å²) < 4.78 is 0. The lowest BCUT2D eigenvalue weighted by atomic mass is 10.0. The first-order chi connectivity index (χ1) is 9.11. The van der Waals surface area contributed by atoms with E-state index in [2.05, 4.69) is 5.32 Å². The molecule has 19 heavy (non-hydrogen) atoms. The monoisotopic (exact) mass is 293 g/mol. The minimum absolute atomic E-state index is 0.0448. The van der Waals surface area contributed by atoms with Crippen molar-refractivity contribution in [2.75, 3.05) is 12.4 Å². The van der Waals surface area contributed by atoms with Crippen LogP contribution < -0.4 is 5.32 Å². The van der Waals surface area contributed by atoms with E-state index in [0.29, 0.717) is 22.0 Å². The molecule has 4 heteroatoms. The molecular formula is C15H13Cl2NO. The molecule has 98 valence electrons. The van der Waals surface area contributed by atoms with Gasteiger partial charge in [0.25, 0.3) is 0 Å². The summed E-state index contributed by atoms with van der Waals surface area (Å²) in [4.78, 5) is 12.3. The Morgan fingerprint density at radius 1 is 1.11 bits per heavy atom. The van der Waals surface area contributed by atoms with E-state index in [1.165, 1.54) is 0 Å². The van der Waals surface area contributed by atoms with Gasteiger partial charge in [-0.2, -0.15) is 0 Å². The van der Waals surface area contributed by atoms with Gasteiger partial charge in [0.05, 0.1) is 10.0 Å². The number of benzene rings is 2. The molecule has 0 saturated heterocycles. The first-order valence-corrected chi connectivity index (χ1v) is 6.61. The van der Waals surface area contributed by atoms with Crippen LogP contribution in [0.15, 0.2) is 42.5 Å². The van der Waals surface area contributed by atoms with E-state index >= 15 is 0 Å². The second-order valence-corrected chi connectivity index (χ2v) is 4.96. The Kier molecular flexibility index (Phi) is 4.46. The largest absolute Gasteiger partial charge is 0.388 e. The smallest absolute Gasteiger partial charge is 0.169 e. The molecule has 0 unspecified atom stereocenters. The van der Waals surface area contributed by atoms with Crippen molar-refractivity contribution in [3.63, 3.8) is 0 Å². The van der Waals surface area contributed by atoms with Gasteiger partial charge in [-0.3, -0.25) is 4.79 Å². The summed E-state index contributed by atoms with van der Waals surface area (Å²) in [6.07, 6.45) is 0.301. The second-order valence-electron chi connectivity index (χ2n) is 4.14. The van der Waals surface area contributed by atoms with Crippen LogP contribution in [0, 0.1) is 0 Å². The molecular weight excluding hydrogens is 281 g/mol. The number of rotatable bonds is 4. The number of Topliss-reactive ketones (excluding diaryl/α,β-unsaturated/α-hetero) is 1. The maximum atomic E-state index is 12.3. The molecule has 2 aromatic carbocycles. The van der Waals surface area contributed by atoms with Crippen molar-refractivity contribution in [1.82, 2.24) is 0 Å². The fraction of sp³-hybridized carbons (Fsp3) is 0.133. The molecule has 0 atom stereocenters. The zero-order valence-corrected chi connectivity index (χ0v) is 11.9. The zero-order valence-electron chi connectivity index (χ0n) is 10.4. The third-order valence-electron chi connectivity index (χ3n) is 2.85. The minimum Gasteiger partial charge on any atom is -0.388 e. The van der Waals surface area contributed by atoms with Gasteiger partial charge in [-0.25, -0.2) is 0 Å². The first-order valence-electron chi connectivity index (χ1n) is 5.85. The first kappa shape index (κ1) is 13.9. The van der Waals surface area contributed by atoms with E-state index in [9.17, 15) is 4.79 Å². The van der Waals surface area contributed by atoms with Gasteiger partial charge < -0.3 is 5.32 Å². The maximum absolute atomic E-state index is 12.3. The number of halogens is 2. The Hall–Kier alpha value is -1.51. The summed E-state index contributed by atoms with van der Waals surface area (Å²) in [5.41, 5.74) is 2.36. The molecule has 0 aromatic heterocycles. The van der Waals surface area contributed by atoms with Crippen LogP contribution in [0.3, 0.4) is 0 Å². The highest BCUT2D eigenvalue weighted by Gasteiger charge is 2.11. The van der Waals surface area contributed by atoms with Crippen molar-refractivity contribution in [2.24, 2.45) is 0 Å². The van der Waals surface area contributed by atoms with Crippen LogP contribution in [0.2, 0.25) is 10.0 Å². The molecule has 2 rings (SSSR count). The minimum atomic E-state index is 0.0448. The average Bonchev–Trinajstić information content (AvgIpc) is 2.43. The van der Waals surface area contributed by atoms with Crippen molar-refractivity contribution in [2.45, 2.75) is 6.42 Å². The van der Waals surface area contributed by atoms with Crippen molar-refractivity contribution in [3.8, 4) is 0 Å². The van der Waals surface area contributed by atoms with Gasteiger partial charge in [0, 0.05) is 24.7 Å². The number of hydrogen-bond acceptors (Lipinski definition) is 2. The molecule has 0 spiro atoms. The Morgan fingerprint density at radius 2 is 1.84 bits per heavy atom. The number of ketones is 1.